The van der Waals surface area contributed by atoms with E-state index in [0.29, 0.717) is 45.2 Å². The molecule has 0 amide bonds. The van der Waals surface area contributed by atoms with Crippen LogP contribution in [0, 0.1) is 12.0 Å². The van der Waals surface area contributed by atoms with Crippen LogP contribution in [0.2, 0.25) is 0 Å². The van der Waals surface area contributed by atoms with Crippen molar-refractivity contribution in [3.05, 3.63) is 168 Å². The van der Waals surface area contributed by atoms with E-state index in [1.807, 2.05) is 48.5 Å². The molecule has 0 fully saturated rings. The molecule has 0 saturated heterocycles. The number of nitrogens with zero attached hydrogens (tertiary/aromatic N) is 3. The van der Waals surface area contributed by atoms with E-state index in [1.165, 1.54) is 17.7 Å². The van der Waals surface area contributed by atoms with Crippen molar-refractivity contribution in [1.82, 2.24) is 14.5 Å². The molecule has 0 spiro atoms. The van der Waals surface area contributed by atoms with Gasteiger partial charge in [-0.25, -0.2) is 4.98 Å². The van der Waals surface area contributed by atoms with Gasteiger partial charge in [-0.15, -0.1) is 29.3 Å². The Labute approximate surface area is 377 Å². The van der Waals surface area contributed by atoms with Gasteiger partial charge in [0.15, 0.2) is 0 Å². The van der Waals surface area contributed by atoms with E-state index < -0.39 is 26.0 Å². The minimum absolute atomic E-state index is 0. The fourth-order valence-corrected chi connectivity index (χ4v) is 7.59. The predicted octanol–water partition coefficient (Wildman–Crippen LogP) is 14.1. The summed E-state index contributed by atoms with van der Waals surface area (Å²) in [5.74, 6) is 1.15. The molecule has 5 heteroatoms. The number of imidazole rings is 1. The molecular weight excluding hydrogens is 902 g/mol. The van der Waals surface area contributed by atoms with E-state index in [1.54, 1.807) is 36.5 Å². The van der Waals surface area contributed by atoms with Gasteiger partial charge in [-0.05, 0) is 87.4 Å². The summed E-state index contributed by atoms with van der Waals surface area (Å²) < 4.78 is 75.6. The molecule has 8 rings (SSSR count). The van der Waals surface area contributed by atoms with Gasteiger partial charge >= 0.3 is 0 Å². The quantitative estimate of drug-likeness (QED) is 0.154. The molecule has 0 aliphatic heterocycles. The zero-order valence-electron chi connectivity index (χ0n) is 42.7. The van der Waals surface area contributed by atoms with Crippen molar-refractivity contribution >= 4 is 11.0 Å². The van der Waals surface area contributed by atoms with E-state index >= 15 is 0 Å². The molecule has 300 valence electrons. The normalized spacial score (nSPS) is 14.8. The second kappa shape index (κ2) is 16.6. The van der Waals surface area contributed by atoms with Crippen LogP contribution in [0.4, 0.5) is 0 Å². The van der Waals surface area contributed by atoms with Crippen molar-refractivity contribution in [2.45, 2.75) is 72.4 Å². The SMILES string of the molecule is [2H]C([2H])([2H])C(c1ccc(-c2ccnc(-c3[c-]c(-c4cccc5c4nc(-c4ccccc4O)n5-c4ccc(CC(C)C)cc4-c4ccccc4)cc(C(C)(C)C)c3)c2)cc1)(C([2H])([2H])[2H])C([2H])([2H])[2H].[Pt]. The van der Waals surface area contributed by atoms with Gasteiger partial charge in [0.1, 0.15) is 11.6 Å². The summed E-state index contributed by atoms with van der Waals surface area (Å²) in [6, 6.07) is 47.4. The first-order valence-corrected chi connectivity index (χ1v) is 19.6. The van der Waals surface area contributed by atoms with Crippen molar-refractivity contribution < 1.29 is 38.5 Å². The van der Waals surface area contributed by atoms with Gasteiger partial charge < -0.3 is 5.11 Å². The molecule has 0 aliphatic carbocycles. The topological polar surface area (TPSA) is 50.9 Å². The van der Waals surface area contributed by atoms with Crippen LogP contribution in [0.1, 0.15) is 84.2 Å². The first kappa shape index (κ1) is 31.4. The number of fused-ring (bicyclic) bond motifs is 1. The minimum Gasteiger partial charge on any atom is -0.507 e. The van der Waals surface area contributed by atoms with Gasteiger partial charge in [-0.2, -0.15) is 0 Å². The smallest absolute Gasteiger partial charge is 0.148 e. The van der Waals surface area contributed by atoms with Crippen LogP contribution in [0.5, 0.6) is 5.75 Å². The maximum absolute atomic E-state index is 11.4. The summed E-state index contributed by atoms with van der Waals surface area (Å²) >= 11 is 0. The van der Waals surface area contributed by atoms with Gasteiger partial charge in [0.25, 0.3) is 0 Å². The second-order valence-electron chi connectivity index (χ2n) is 16.5. The van der Waals surface area contributed by atoms with Crippen molar-refractivity contribution in [2.24, 2.45) is 5.92 Å². The van der Waals surface area contributed by atoms with Gasteiger partial charge in [0.05, 0.1) is 22.3 Å². The maximum Gasteiger partial charge on any atom is 0.148 e. The first-order valence-electron chi connectivity index (χ1n) is 24.1. The van der Waals surface area contributed by atoms with Crippen LogP contribution in [0.15, 0.2) is 146 Å². The third-order valence-corrected chi connectivity index (χ3v) is 10.6. The minimum atomic E-state index is -3.36. The Morgan fingerprint density at radius 1 is 0.661 bits per heavy atom. The van der Waals surface area contributed by atoms with Crippen LogP contribution < -0.4 is 0 Å². The average molecular weight is 963 g/mol. The molecule has 2 aromatic heterocycles. The molecule has 2 heterocycles. The van der Waals surface area contributed by atoms with Crippen LogP contribution in [0.25, 0.3) is 72.7 Å². The van der Waals surface area contributed by atoms with Crippen molar-refractivity contribution in [2.75, 3.05) is 0 Å². The Hall–Kier alpha value is -5.57. The van der Waals surface area contributed by atoms with Gasteiger partial charge in [-0.1, -0.05) is 157 Å². The van der Waals surface area contributed by atoms with Crippen molar-refractivity contribution in [3.8, 4) is 67.5 Å². The monoisotopic (exact) mass is 962 g/mol. The Bertz CT molecular complexity index is 3060. The standard InChI is InChI=1S/C54H52N3O.Pt/c1-35(2)29-36-21-26-48(46(30-36)38-15-10-9-11-16-38)57-49-19-14-18-44(51(49)56-52(57)45-17-12-13-20-50(45)58)40-31-41(33-43(32-40)54(6,7)8)47-34-39(27-28-55-47)37-22-24-42(25-23-37)53(3,4)5;/h9-28,30,32-35,58H,29H2,1-8H3;/q-1;/i3D3,4D3,5D3;. The number of aromatic nitrogens is 3. The number of para-hydroxylation sites is 2. The fraction of sp³-hybridized carbons (Fsp3) is 0.222. The average Bonchev–Trinajstić information content (AvgIpc) is 3.64. The van der Waals surface area contributed by atoms with Crippen molar-refractivity contribution in [1.29, 1.82) is 0 Å². The molecule has 0 bridgehead atoms. The molecule has 0 unspecified atom stereocenters. The number of pyridine rings is 1. The third-order valence-electron chi connectivity index (χ3n) is 10.6. The number of aromatic hydroxyl groups is 1. The van der Waals surface area contributed by atoms with Gasteiger partial charge in [-0.3, -0.25) is 9.55 Å². The molecule has 1 N–H and O–H groups in total. The van der Waals surface area contributed by atoms with Crippen LogP contribution >= 0.6 is 0 Å². The molecule has 4 nitrogen and oxygen atoms in total. The van der Waals surface area contributed by atoms with Crippen molar-refractivity contribution in [3.63, 3.8) is 0 Å². The van der Waals surface area contributed by atoms with Crippen LogP contribution in [-0.4, -0.2) is 19.6 Å². The van der Waals surface area contributed by atoms with Crippen LogP contribution in [0.3, 0.4) is 0 Å². The van der Waals surface area contributed by atoms with E-state index in [0.717, 1.165) is 45.4 Å². The maximum atomic E-state index is 11.4. The Morgan fingerprint density at radius 2 is 1.37 bits per heavy atom. The Kier molecular flexibility index (Phi) is 8.82. The molecular formula is C54H52N3OPt-. The largest absolute Gasteiger partial charge is 0.507 e. The molecule has 59 heavy (non-hydrogen) atoms. The zero-order chi connectivity index (χ0) is 48.3. The van der Waals surface area contributed by atoms with E-state index in [2.05, 4.69) is 93.8 Å². The van der Waals surface area contributed by atoms with Crippen LogP contribution in [-0.2, 0) is 38.3 Å². The first-order chi connectivity index (χ1) is 31.5. The molecule has 0 aliphatic rings. The number of phenolic OH excluding ortho intramolecular Hbond substituents is 1. The third kappa shape index (κ3) is 8.61. The Morgan fingerprint density at radius 3 is 2.08 bits per heavy atom. The number of hydrogen-bond acceptors (Lipinski definition) is 3. The zero-order valence-corrected chi connectivity index (χ0v) is 36.0. The van der Waals surface area contributed by atoms with Gasteiger partial charge in [0, 0.05) is 50.9 Å². The number of phenols is 1. The fourth-order valence-electron chi connectivity index (χ4n) is 7.59. The van der Waals surface area contributed by atoms with Gasteiger partial charge in [0.2, 0.25) is 0 Å². The predicted molar refractivity (Wildman–Crippen MR) is 242 cm³/mol. The summed E-state index contributed by atoms with van der Waals surface area (Å²) in [6.07, 6.45) is 2.57. The summed E-state index contributed by atoms with van der Waals surface area (Å²) in [5.41, 5.74) is 7.87. The molecule has 0 radical (unpaired) electrons. The summed E-state index contributed by atoms with van der Waals surface area (Å²) in [7, 11) is 0. The summed E-state index contributed by atoms with van der Waals surface area (Å²) in [5, 5.41) is 11.4. The van der Waals surface area contributed by atoms with E-state index in [9.17, 15) is 5.11 Å². The number of rotatable bonds is 8. The molecule has 8 aromatic rings. The second-order valence-corrected chi connectivity index (χ2v) is 16.5. The summed E-state index contributed by atoms with van der Waals surface area (Å²) in [6.45, 7) is 0.751. The van der Waals surface area contributed by atoms with E-state index in [4.69, 9.17) is 22.3 Å². The Balaban J connectivity index is 0.00000684. The summed E-state index contributed by atoms with van der Waals surface area (Å²) in [4.78, 5) is 10.2. The molecule has 0 saturated carbocycles. The number of hydrogen-bond donors (Lipinski definition) is 1. The number of benzene rings is 6. The van der Waals surface area contributed by atoms with E-state index in [-0.39, 0.29) is 37.8 Å². The molecule has 0 atom stereocenters. The molecule has 6 aromatic carbocycles.